The molecule has 1 aliphatic carbocycles. The van der Waals surface area contributed by atoms with Crippen LogP contribution in [0.5, 0.6) is 17.2 Å². The maximum atomic E-state index is 13.4. The molecule has 1 aliphatic heterocycles. The summed E-state index contributed by atoms with van der Waals surface area (Å²) in [6.07, 6.45) is 3.83. The summed E-state index contributed by atoms with van der Waals surface area (Å²) in [5, 5.41) is 64.0. The molecule has 0 spiro atoms. The fraction of sp³-hybridized carbons (Fsp3) is 0.257. The minimum atomic E-state index is -2.93. The van der Waals surface area contributed by atoms with Gasteiger partial charge in [0.1, 0.15) is 11.3 Å². The topological polar surface area (TPSA) is 199 Å². The Morgan fingerprint density at radius 2 is 1.59 bits per heavy atom. The van der Waals surface area contributed by atoms with Crippen LogP contribution < -0.4 is 0 Å². The molecule has 3 unspecified atom stereocenters. The summed E-state index contributed by atoms with van der Waals surface area (Å²) in [6.45, 7) is 6.70. The van der Waals surface area contributed by atoms with Crippen molar-refractivity contribution in [1.29, 1.82) is 0 Å². The summed E-state index contributed by atoms with van der Waals surface area (Å²) in [5.74, 6) is -6.40. The SMILES string of the molecule is CCC(C)/C=C(C)/C=C/C(=O)CC1=C(c2cc(O)c(O)cc2C2=C(O)/C(=C/c3ccc(O)cc3)OC2=O)C(O)(C(C)=O)C(O)C1=O. The largest absolute Gasteiger partial charge is 0.508 e. The number of hydrogen-bond donors (Lipinski definition) is 6. The van der Waals surface area contributed by atoms with Crippen molar-refractivity contribution in [3.05, 3.63) is 94.0 Å². The molecule has 3 atom stereocenters. The minimum Gasteiger partial charge on any atom is -0.508 e. The van der Waals surface area contributed by atoms with Crippen LogP contribution in [0.25, 0.3) is 17.2 Å². The van der Waals surface area contributed by atoms with Gasteiger partial charge in [0, 0.05) is 23.1 Å². The van der Waals surface area contributed by atoms with Gasteiger partial charge in [0.25, 0.3) is 0 Å². The number of esters is 1. The average molecular weight is 631 g/mol. The lowest BCUT2D eigenvalue weighted by Gasteiger charge is -2.28. The number of aromatic hydroxyl groups is 3. The molecule has 2 aliphatic rings. The Labute approximate surface area is 264 Å². The first-order chi connectivity index (χ1) is 21.6. The van der Waals surface area contributed by atoms with Gasteiger partial charge in [-0.3, -0.25) is 14.4 Å². The zero-order valence-electron chi connectivity index (χ0n) is 25.6. The smallest absolute Gasteiger partial charge is 0.348 e. The Bertz CT molecular complexity index is 1790. The van der Waals surface area contributed by atoms with E-state index >= 15 is 0 Å². The fourth-order valence-corrected chi connectivity index (χ4v) is 5.30. The quantitative estimate of drug-likeness (QED) is 0.0952. The molecule has 0 fully saturated rings. The van der Waals surface area contributed by atoms with Gasteiger partial charge in [-0.15, -0.1) is 0 Å². The lowest BCUT2D eigenvalue weighted by atomic mass is 9.81. The molecule has 0 amide bonds. The molecule has 0 saturated heterocycles. The number of allylic oxidation sites excluding steroid dienone is 4. The number of ketones is 3. The third kappa shape index (κ3) is 6.28. The maximum absolute atomic E-state index is 13.4. The van der Waals surface area contributed by atoms with E-state index in [0.717, 1.165) is 31.1 Å². The highest BCUT2D eigenvalue weighted by molar-refractivity contribution is 6.26. The van der Waals surface area contributed by atoms with E-state index in [1.165, 1.54) is 36.4 Å². The third-order valence-corrected chi connectivity index (χ3v) is 7.96. The summed E-state index contributed by atoms with van der Waals surface area (Å²) in [6, 6.07) is 7.36. The predicted molar refractivity (Wildman–Crippen MR) is 167 cm³/mol. The summed E-state index contributed by atoms with van der Waals surface area (Å²) >= 11 is 0. The summed E-state index contributed by atoms with van der Waals surface area (Å²) in [7, 11) is 0. The molecule has 46 heavy (non-hydrogen) atoms. The van der Waals surface area contributed by atoms with Gasteiger partial charge in [-0.25, -0.2) is 4.79 Å². The monoisotopic (exact) mass is 630 g/mol. The molecule has 0 saturated carbocycles. The van der Waals surface area contributed by atoms with E-state index in [1.807, 2.05) is 19.9 Å². The van der Waals surface area contributed by atoms with E-state index in [9.17, 15) is 49.8 Å². The lowest BCUT2D eigenvalue weighted by molar-refractivity contribution is -0.145. The normalized spacial score (nSPS) is 21.9. The zero-order valence-corrected chi connectivity index (χ0v) is 25.6. The second kappa shape index (κ2) is 13.0. The van der Waals surface area contributed by atoms with Crippen LogP contribution in [0.1, 0.15) is 57.2 Å². The molecular formula is C35H34O11. The Hall–Kier alpha value is -5.26. The lowest BCUT2D eigenvalue weighted by Crippen LogP contribution is -2.48. The van der Waals surface area contributed by atoms with E-state index in [0.29, 0.717) is 5.56 Å². The number of Topliss-reactive ketones (excluding diaryl/α,β-unsaturated/α-hetero) is 2. The van der Waals surface area contributed by atoms with Crippen LogP contribution in [0.15, 0.2) is 77.3 Å². The van der Waals surface area contributed by atoms with Gasteiger partial charge >= 0.3 is 5.97 Å². The van der Waals surface area contributed by atoms with Crippen molar-refractivity contribution < 1.29 is 54.6 Å². The van der Waals surface area contributed by atoms with Crippen molar-refractivity contribution in [3.63, 3.8) is 0 Å². The molecule has 4 rings (SSSR count). The van der Waals surface area contributed by atoms with Crippen LogP contribution >= 0.6 is 0 Å². The first-order valence-corrected chi connectivity index (χ1v) is 14.4. The van der Waals surface area contributed by atoms with Crippen molar-refractivity contribution in [2.45, 2.75) is 52.2 Å². The molecule has 0 bridgehead atoms. The number of carbonyl (C=O) groups is 4. The number of aliphatic hydroxyl groups excluding tert-OH is 2. The first-order valence-electron chi connectivity index (χ1n) is 14.4. The number of cyclic esters (lactones) is 1. The Morgan fingerprint density at radius 3 is 2.17 bits per heavy atom. The van der Waals surface area contributed by atoms with Gasteiger partial charge in [-0.1, -0.05) is 50.1 Å². The Morgan fingerprint density at radius 1 is 0.978 bits per heavy atom. The molecule has 11 nitrogen and oxygen atoms in total. The van der Waals surface area contributed by atoms with Crippen molar-refractivity contribution >= 4 is 40.5 Å². The number of phenolic OH excluding ortho intramolecular Hbond substituents is 3. The second-order valence-corrected chi connectivity index (χ2v) is 11.3. The van der Waals surface area contributed by atoms with Gasteiger partial charge < -0.3 is 35.4 Å². The molecule has 11 heteroatoms. The molecule has 2 aromatic rings. The molecule has 0 aromatic heterocycles. The number of ether oxygens (including phenoxy) is 1. The number of hydrogen-bond acceptors (Lipinski definition) is 11. The molecule has 2 aromatic carbocycles. The number of carbonyl (C=O) groups excluding carboxylic acids is 4. The van der Waals surface area contributed by atoms with Crippen molar-refractivity contribution in [2.75, 3.05) is 0 Å². The van der Waals surface area contributed by atoms with Crippen molar-refractivity contribution in [1.82, 2.24) is 0 Å². The van der Waals surface area contributed by atoms with E-state index < -0.39 is 81.0 Å². The van der Waals surface area contributed by atoms with Gasteiger partial charge in [0.15, 0.2) is 52.1 Å². The van der Waals surface area contributed by atoms with Crippen LogP contribution in [-0.4, -0.2) is 65.7 Å². The molecule has 1 heterocycles. The van der Waals surface area contributed by atoms with Gasteiger partial charge in [-0.05, 0) is 67.3 Å². The number of benzene rings is 2. The first kappa shape index (κ1) is 33.6. The number of aliphatic hydroxyl groups is 3. The zero-order chi connectivity index (χ0) is 34.1. The van der Waals surface area contributed by atoms with Crippen molar-refractivity contribution in [2.24, 2.45) is 5.92 Å². The van der Waals surface area contributed by atoms with Crippen LogP contribution in [0, 0.1) is 5.92 Å². The van der Waals surface area contributed by atoms with Crippen molar-refractivity contribution in [3.8, 4) is 17.2 Å². The third-order valence-electron chi connectivity index (χ3n) is 7.96. The second-order valence-electron chi connectivity index (χ2n) is 11.3. The maximum Gasteiger partial charge on any atom is 0.348 e. The van der Waals surface area contributed by atoms with Crippen LogP contribution in [-0.2, 0) is 23.9 Å². The predicted octanol–water partition coefficient (Wildman–Crippen LogP) is 4.20. The highest BCUT2D eigenvalue weighted by Crippen LogP contribution is 2.48. The van der Waals surface area contributed by atoms with E-state index in [4.69, 9.17) is 4.74 Å². The minimum absolute atomic E-state index is 0.0303. The molecule has 240 valence electrons. The molecular weight excluding hydrogens is 596 g/mol. The number of phenols is 3. The van der Waals surface area contributed by atoms with Gasteiger partial charge in [0.2, 0.25) is 0 Å². The standard InChI is InChI=1S/C35H34O11/c1-5-17(2)12-18(3)6-9-22(38)14-25-30(35(45,19(4)36)33(43)31(25)41)24-16-27(40)26(39)15-23(24)29-32(42)28(46-34(29)44)13-20-7-10-21(37)11-8-20/h6-13,15-17,33,37,39-40,42-43,45H,5,14H2,1-4H3/b9-6+,18-12+,28-13-. The van der Waals surface area contributed by atoms with Crippen LogP contribution in [0.2, 0.25) is 0 Å². The molecule has 6 N–H and O–H groups in total. The Kier molecular flexibility index (Phi) is 9.50. The van der Waals surface area contributed by atoms with Crippen LogP contribution in [0.4, 0.5) is 0 Å². The van der Waals surface area contributed by atoms with E-state index in [-0.39, 0.29) is 23.0 Å². The highest BCUT2D eigenvalue weighted by Gasteiger charge is 2.56. The van der Waals surface area contributed by atoms with E-state index in [2.05, 4.69) is 0 Å². The average Bonchev–Trinajstić information content (AvgIpc) is 3.38. The highest BCUT2D eigenvalue weighted by atomic mass is 16.6. The summed E-state index contributed by atoms with van der Waals surface area (Å²) in [5.41, 5.74) is -4.13. The van der Waals surface area contributed by atoms with Crippen LogP contribution in [0.3, 0.4) is 0 Å². The summed E-state index contributed by atoms with van der Waals surface area (Å²) < 4.78 is 5.25. The fourth-order valence-electron chi connectivity index (χ4n) is 5.30. The summed E-state index contributed by atoms with van der Waals surface area (Å²) in [4.78, 5) is 52.5. The van der Waals surface area contributed by atoms with E-state index in [1.54, 1.807) is 13.0 Å². The van der Waals surface area contributed by atoms with Gasteiger partial charge in [0.05, 0.1) is 0 Å². The van der Waals surface area contributed by atoms with Gasteiger partial charge in [-0.2, -0.15) is 0 Å². The molecule has 0 radical (unpaired) electrons. The Balaban J connectivity index is 1.93. The number of rotatable bonds is 10.